The van der Waals surface area contributed by atoms with Crippen LogP contribution < -0.4 is 5.32 Å². The van der Waals surface area contributed by atoms with Gasteiger partial charge in [-0.2, -0.15) is 0 Å². The summed E-state index contributed by atoms with van der Waals surface area (Å²) >= 11 is 0. The summed E-state index contributed by atoms with van der Waals surface area (Å²) in [5.41, 5.74) is 0.111. The second kappa shape index (κ2) is 6.75. The number of nitrogens with zero attached hydrogens (tertiary/aromatic N) is 1. The van der Waals surface area contributed by atoms with Crippen molar-refractivity contribution in [1.29, 1.82) is 0 Å². The number of carbonyl (C=O) groups is 1. The van der Waals surface area contributed by atoms with Gasteiger partial charge in [-0.05, 0) is 13.8 Å². The minimum Gasteiger partial charge on any atom is -0.341 e. The van der Waals surface area contributed by atoms with Crippen LogP contribution >= 0.6 is 0 Å². The van der Waals surface area contributed by atoms with Crippen LogP contribution in [0.5, 0.6) is 0 Å². The van der Waals surface area contributed by atoms with Gasteiger partial charge < -0.3 is 10.2 Å². The third-order valence-corrected chi connectivity index (χ3v) is 1.63. The molecule has 0 aromatic carbocycles. The second-order valence-electron chi connectivity index (χ2n) is 2.95. The molecule has 1 heterocycles. The zero-order valence-corrected chi connectivity index (χ0v) is 10.1. The van der Waals surface area contributed by atoms with E-state index >= 15 is 0 Å². The third kappa shape index (κ3) is 4.76. The Morgan fingerprint density at radius 2 is 1.54 bits per heavy atom. The number of rotatable bonds is 0. The van der Waals surface area contributed by atoms with Gasteiger partial charge in [0.15, 0.2) is 0 Å². The van der Waals surface area contributed by atoms with Gasteiger partial charge in [0.1, 0.15) is 0 Å². The molecule has 1 fully saturated rings. The van der Waals surface area contributed by atoms with Gasteiger partial charge in [0.2, 0.25) is 0 Å². The molecule has 0 saturated carbocycles. The molecule has 0 bridgehead atoms. The average Bonchev–Trinajstić information content (AvgIpc) is 2.81. The molecule has 13 heavy (non-hydrogen) atoms. The maximum atomic E-state index is 10.8. The predicted molar refractivity (Wildman–Crippen MR) is 57.9 cm³/mol. The standard InChI is InChI=1S/C6H12N2O.2C2H6/c1-6(2)4-8(6)5(9)7-3;2*1-2/h4H2,1-3H3,(H,7,9);2*1-2H3. The molecule has 0 aromatic heterocycles. The van der Waals surface area contributed by atoms with Gasteiger partial charge >= 0.3 is 6.03 Å². The fourth-order valence-corrected chi connectivity index (χ4v) is 0.833. The smallest absolute Gasteiger partial charge is 0.317 e. The van der Waals surface area contributed by atoms with E-state index < -0.39 is 0 Å². The van der Waals surface area contributed by atoms with E-state index in [4.69, 9.17) is 0 Å². The highest BCUT2D eigenvalue weighted by Crippen LogP contribution is 2.29. The molecule has 1 rings (SSSR count). The van der Waals surface area contributed by atoms with Crippen molar-refractivity contribution in [2.24, 2.45) is 0 Å². The van der Waals surface area contributed by atoms with Crippen molar-refractivity contribution in [3.8, 4) is 0 Å². The van der Waals surface area contributed by atoms with Crippen LogP contribution in [0, 0.1) is 0 Å². The molecule has 3 nitrogen and oxygen atoms in total. The Hall–Kier alpha value is -0.730. The van der Waals surface area contributed by atoms with E-state index in [1.807, 2.05) is 41.5 Å². The Kier molecular flexibility index (Phi) is 7.67. The Morgan fingerprint density at radius 3 is 1.62 bits per heavy atom. The summed E-state index contributed by atoms with van der Waals surface area (Å²) in [5.74, 6) is 0. The van der Waals surface area contributed by atoms with E-state index in [2.05, 4.69) is 5.32 Å². The van der Waals surface area contributed by atoms with Gasteiger partial charge in [-0.1, -0.05) is 27.7 Å². The maximum Gasteiger partial charge on any atom is 0.317 e. The van der Waals surface area contributed by atoms with Crippen LogP contribution in [0.1, 0.15) is 41.5 Å². The largest absolute Gasteiger partial charge is 0.341 e. The average molecular weight is 188 g/mol. The third-order valence-electron chi connectivity index (χ3n) is 1.63. The number of hydrogen-bond donors (Lipinski definition) is 1. The molecule has 80 valence electrons. The minimum atomic E-state index is 0.0278. The van der Waals surface area contributed by atoms with E-state index in [0.717, 1.165) is 6.54 Å². The van der Waals surface area contributed by atoms with Crippen molar-refractivity contribution < 1.29 is 4.79 Å². The summed E-state index contributed by atoms with van der Waals surface area (Å²) in [6, 6.07) is 0.0278. The molecule has 0 radical (unpaired) electrons. The van der Waals surface area contributed by atoms with Crippen molar-refractivity contribution in [3.05, 3.63) is 0 Å². The van der Waals surface area contributed by atoms with Crippen molar-refractivity contribution in [3.63, 3.8) is 0 Å². The first-order valence-electron chi connectivity index (χ1n) is 5.07. The number of carbonyl (C=O) groups excluding carboxylic acids is 1. The number of hydrogen-bond acceptors (Lipinski definition) is 1. The molecular formula is C10H24N2O. The lowest BCUT2D eigenvalue weighted by atomic mass is 10.2. The molecule has 0 spiro atoms. The van der Waals surface area contributed by atoms with E-state index in [1.165, 1.54) is 0 Å². The highest BCUT2D eigenvalue weighted by molar-refractivity contribution is 5.77. The first-order chi connectivity index (χ1) is 6.08. The van der Waals surface area contributed by atoms with E-state index in [1.54, 1.807) is 11.9 Å². The SMILES string of the molecule is CC.CC.CNC(=O)N1CC1(C)C. The second-order valence-corrected chi connectivity index (χ2v) is 2.95. The summed E-state index contributed by atoms with van der Waals surface area (Å²) in [4.78, 5) is 12.6. The Balaban J connectivity index is 0. The normalized spacial score (nSPS) is 15.8. The lowest BCUT2D eigenvalue weighted by molar-refractivity contribution is 0.226. The summed E-state index contributed by atoms with van der Waals surface area (Å²) in [6.45, 7) is 13.0. The first kappa shape index (κ1) is 14.8. The number of nitrogens with one attached hydrogen (secondary N) is 1. The van der Waals surface area contributed by atoms with Gasteiger partial charge in [0.05, 0.1) is 5.54 Å². The van der Waals surface area contributed by atoms with E-state index in [9.17, 15) is 4.79 Å². The van der Waals surface area contributed by atoms with Crippen molar-refractivity contribution in [2.75, 3.05) is 13.6 Å². The van der Waals surface area contributed by atoms with Gasteiger partial charge in [-0.25, -0.2) is 4.79 Å². The highest BCUT2D eigenvalue weighted by Gasteiger charge is 2.46. The number of amides is 2. The van der Waals surface area contributed by atoms with E-state index in [0.29, 0.717) is 0 Å². The fourth-order valence-electron chi connectivity index (χ4n) is 0.833. The maximum absolute atomic E-state index is 10.8. The Bertz CT molecular complexity index is 144. The molecule has 0 unspecified atom stereocenters. The van der Waals surface area contributed by atoms with Gasteiger partial charge in [0.25, 0.3) is 0 Å². The first-order valence-corrected chi connectivity index (χ1v) is 5.07. The van der Waals surface area contributed by atoms with Crippen LogP contribution in [0.4, 0.5) is 4.79 Å². The van der Waals surface area contributed by atoms with Gasteiger partial charge in [-0.15, -0.1) is 0 Å². The predicted octanol–water partition coefficient (Wildman–Crippen LogP) is 2.47. The summed E-state index contributed by atoms with van der Waals surface area (Å²) in [5, 5.41) is 2.57. The molecular weight excluding hydrogens is 164 g/mol. The highest BCUT2D eigenvalue weighted by atomic mass is 16.2. The fraction of sp³-hybridized carbons (Fsp3) is 0.900. The van der Waals surface area contributed by atoms with Gasteiger partial charge in [0, 0.05) is 13.6 Å². The minimum absolute atomic E-state index is 0.0278. The van der Waals surface area contributed by atoms with Crippen molar-refractivity contribution in [2.45, 2.75) is 47.1 Å². The molecule has 0 aromatic rings. The van der Waals surface area contributed by atoms with Crippen molar-refractivity contribution in [1.82, 2.24) is 10.2 Å². The molecule has 0 atom stereocenters. The lowest BCUT2D eigenvalue weighted by Gasteiger charge is -2.04. The van der Waals surface area contributed by atoms with Crippen molar-refractivity contribution >= 4 is 6.03 Å². The van der Waals surface area contributed by atoms with Crippen LogP contribution in [-0.4, -0.2) is 30.1 Å². The van der Waals surface area contributed by atoms with Crippen LogP contribution in [0.3, 0.4) is 0 Å². The molecule has 0 aliphatic carbocycles. The zero-order chi connectivity index (χ0) is 11.1. The van der Waals surface area contributed by atoms with Crippen LogP contribution in [0.2, 0.25) is 0 Å². The topological polar surface area (TPSA) is 32.1 Å². The summed E-state index contributed by atoms with van der Waals surface area (Å²) in [6.07, 6.45) is 0. The number of urea groups is 1. The Labute approximate surface area is 82.5 Å². The molecule has 1 aliphatic rings. The summed E-state index contributed by atoms with van der Waals surface area (Å²) in [7, 11) is 1.65. The molecule has 2 amide bonds. The molecule has 1 N–H and O–H groups in total. The zero-order valence-electron chi connectivity index (χ0n) is 10.1. The Morgan fingerprint density at radius 1 is 1.23 bits per heavy atom. The molecule has 1 saturated heterocycles. The summed E-state index contributed by atoms with van der Waals surface area (Å²) < 4.78 is 0. The van der Waals surface area contributed by atoms with Crippen LogP contribution in [-0.2, 0) is 0 Å². The van der Waals surface area contributed by atoms with Crippen LogP contribution in [0.25, 0.3) is 0 Å². The monoisotopic (exact) mass is 188 g/mol. The van der Waals surface area contributed by atoms with Gasteiger partial charge in [-0.3, -0.25) is 0 Å². The molecule has 1 aliphatic heterocycles. The van der Waals surface area contributed by atoms with E-state index in [-0.39, 0.29) is 11.6 Å². The lowest BCUT2D eigenvalue weighted by Crippen LogP contribution is -2.27. The van der Waals surface area contributed by atoms with Crippen LogP contribution in [0.15, 0.2) is 0 Å². The quantitative estimate of drug-likeness (QED) is 0.582. The molecule has 3 heteroatoms.